The number of hydrogen-bond donors (Lipinski definition) is 0. The molecular formula is C33H27BO2. The van der Waals surface area contributed by atoms with Crippen LogP contribution in [0.2, 0.25) is 0 Å². The van der Waals surface area contributed by atoms with E-state index in [0.29, 0.717) is 0 Å². The van der Waals surface area contributed by atoms with Gasteiger partial charge >= 0.3 is 7.12 Å². The fraction of sp³-hybridized carbons (Fsp3) is 0.212. The molecule has 8 rings (SSSR count). The van der Waals surface area contributed by atoms with Gasteiger partial charge in [-0.25, -0.2) is 0 Å². The Bertz CT molecular complexity index is 1680. The second-order valence-corrected chi connectivity index (χ2v) is 11.6. The van der Waals surface area contributed by atoms with Crippen molar-refractivity contribution in [3.8, 4) is 11.1 Å². The summed E-state index contributed by atoms with van der Waals surface area (Å²) in [6, 6.07) is 33.9. The van der Waals surface area contributed by atoms with Crippen molar-refractivity contribution in [2.75, 3.05) is 0 Å². The van der Waals surface area contributed by atoms with Crippen LogP contribution >= 0.6 is 0 Å². The van der Waals surface area contributed by atoms with Gasteiger partial charge in [0.25, 0.3) is 0 Å². The fourth-order valence-corrected chi connectivity index (χ4v) is 6.93. The van der Waals surface area contributed by atoms with Crippen molar-refractivity contribution in [1.29, 1.82) is 0 Å². The highest BCUT2D eigenvalue weighted by atomic mass is 16.7. The van der Waals surface area contributed by atoms with Crippen LogP contribution in [0.1, 0.15) is 49.9 Å². The van der Waals surface area contributed by atoms with Gasteiger partial charge in [-0.2, -0.15) is 0 Å². The summed E-state index contributed by atoms with van der Waals surface area (Å²) in [7, 11) is -0.392. The molecule has 0 aromatic heterocycles. The Hall–Kier alpha value is -3.40. The maximum atomic E-state index is 6.49. The quantitative estimate of drug-likeness (QED) is 0.192. The van der Waals surface area contributed by atoms with Gasteiger partial charge in [-0.3, -0.25) is 0 Å². The first-order valence-corrected chi connectivity index (χ1v) is 12.9. The van der Waals surface area contributed by atoms with E-state index in [4.69, 9.17) is 9.31 Å². The van der Waals surface area contributed by atoms with Crippen molar-refractivity contribution in [2.24, 2.45) is 0 Å². The number of fused-ring (bicyclic) bond motifs is 7. The normalized spacial score (nSPS) is 19.5. The Morgan fingerprint density at radius 3 is 1.72 bits per heavy atom. The summed E-state index contributed by atoms with van der Waals surface area (Å²) < 4.78 is 13.0. The molecule has 1 spiro atoms. The molecule has 3 aliphatic rings. The average Bonchev–Trinajstić information content (AvgIpc) is 3.43. The van der Waals surface area contributed by atoms with Crippen molar-refractivity contribution in [3.63, 3.8) is 0 Å². The van der Waals surface area contributed by atoms with Gasteiger partial charge in [-0.1, -0.05) is 91.0 Å². The van der Waals surface area contributed by atoms with Gasteiger partial charge in [0.1, 0.15) is 0 Å². The van der Waals surface area contributed by atoms with E-state index >= 15 is 0 Å². The molecule has 174 valence electrons. The van der Waals surface area contributed by atoms with Crippen LogP contribution in [-0.2, 0) is 14.7 Å². The minimum absolute atomic E-state index is 0.353. The van der Waals surface area contributed by atoms with E-state index in [-0.39, 0.29) is 16.6 Å². The topological polar surface area (TPSA) is 18.5 Å². The van der Waals surface area contributed by atoms with Crippen molar-refractivity contribution >= 4 is 34.1 Å². The first-order valence-electron chi connectivity index (χ1n) is 12.9. The lowest BCUT2D eigenvalue weighted by Crippen LogP contribution is -2.41. The van der Waals surface area contributed by atoms with Crippen LogP contribution < -0.4 is 5.46 Å². The van der Waals surface area contributed by atoms with E-state index < -0.39 is 7.12 Å². The largest absolute Gasteiger partial charge is 0.494 e. The number of rotatable bonds is 1. The molecule has 36 heavy (non-hydrogen) atoms. The van der Waals surface area contributed by atoms with E-state index in [1.54, 1.807) is 0 Å². The predicted octanol–water partition coefficient (Wildman–Crippen LogP) is 6.97. The fourth-order valence-electron chi connectivity index (χ4n) is 6.93. The molecule has 0 amide bonds. The Balaban J connectivity index is 1.47. The Kier molecular flexibility index (Phi) is 3.74. The van der Waals surface area contributed by atoms with Crippen LogP contribution in [0.25, 0.3) is 32.7 Å². The van der Waals surface area contributed by atoms with E-state index in [9.17, 15) is 0 Å². The van der Waals surface area contributed by atoms with Gasteiger partial charge in [0, 0.05) is 0 Å². The first-order chi connectivity index (χ1) is 17.3. The Labute approximate surface area is 212 Å². The lowest BCUT2D eigenvalue weighted by Gasteiger charge is -2.32. The second-order valence-electron chi connectivity index (χ2n) is 11.6. The molecule has 5 aromatic carbocycles. The highest BCUT2D eigenvalue weighted by Gasteiger charge is 2.54. The molecule has 0 N–H and O–H groups in total. The third-order valence-corrected chi connectivity index (χ3v) is 9.29. The molecule has 0 radical (unpaired) electrons. The van der Waals surface area contributed by atoms with Crippen LogP contribution in [0.5, 0.6) is 0 Å². The lowest BCUT2D eigenvalue weighted by atomic mass is 9.68. The summed E-state index contributed by atoms with van der Waals surface area (Å²) in [6.45, 7) is 8.47. The summed E-state index contributed by atoms with van der Waals surface area (Å²) in [6.07, 6.45) is 0. The minimum atomic E-state index is -0.392. The smallest absolute Gasteiger partial charge is 0.399 e. The SMILES string of the molecule is CC1(C)OB(c2ccc3c(c2)C2(c4ccccc4-3)c3cccc4ccc5cccc2c5c34)OC1(C)C. The standard InChI is InChI=1S/C33H27BO2/c1-31(2)32(3,4)36-34(35-31)22-17-18-24-23-11-5-6-12-25(23)33(28(24)19-22)26-13-7-9-20-15-16-21-10-8-14-27(33)30(21)29(20)26/h5-19H,1-4H3. The molecule has 0 unspecified atom stereocenters. The zero-order valence-corrected chi connectivity index (χ0v) is 21.1. The Morgan fingerprint density at radius 1 is 0.528 bits per heavy atom. The molecule has 1 heterocycles. The van der Waals surface area contributed by atoms with Crippen LogP contribution in [0.3, 0.4) is 0 Å². The molecule has 0 bridgehead atoms. The van der Waals surface area contributed by atoms with Crippen LogP contribution in [0, 0.1) is 0 Å². The maximum Gasteiger partial charge on any atom is 0.494 e. The Morgan fingerprint density at radius 2 is 1.08 bits per heavy atom. The summed E-state index contributed by atoms with van der Waals surface area (Å²) in [4.78, 5) is 0. The van der Waals surface area contributed by atoms with E-state index in [0.717, 1.165) is 5.46 Å². The molecule has 0 saturated carbocycles. The van der Waals surface area contributed by atoms with Gasteiger partial charge in [-0.15, -0.1) is 0 Å². The summed E-state index contributed by atoms with van der Waals surface area (Å²) in [5, 5.41) is 5.37. The zero-order chi connectivity index (χ0) is 24.4. The summed E-state index contributed by atoms with van der Waals surface area (Å²) in [5.41, 5.74) is 8.03. The molecule has 2 nitrogen and oxygen atoms in total. The van der Waals surface area contributed by atoms with Crippen molar-refractivity contribution in [2.45, 2.75) is 44.3 Å². The highest BCUT2D eigenvalue weighted by Crippen LogP contribution is 2.62. The average molecular weight is 466 g/mol. The van der Waals surface area contributed by atoms with E-state index in [1.807, 2.05) is 0 Å². The van der Waals surface area contributed by atoms with Gasteiger partial charge in [0.05, 0.1) is 16.6 Å². The van der Waals surface area contributed by atoms with Crippen LogP contribution in [-0.4, -0.2) is 18.3 Å². The number of benzene rings is 5. The van der Waals surface area contributed by atoms with Gasteiger partial charge in [0.15, 0.2) is 0 Å². The van der Waals surface area contributed by atoms with Crippen molar-refractivity contribution < 1.29 is 9.31 Å². The molecule has 5 aromatic rings. The van der Waals surface area contributed by atoms with Gasteiger partial charge in [-0.05, 0) is 88.1 Å². The third kappa shape index (κ3) is 2.27. The summed E-state index contributed by atoms with van der Waals surface area (Å²) >= 11 is 0. The molecule has 0 atom stereocenters. The van der Waals surface area contributed by atoms with Crippen LogP contribution in [0.15, 0.2) is 91.0 Å². The van der Waals surface area contributed by atoms with Gasteiger partial charge < -0.3 is 9.31 Å². The third-order valence-electron chi connectivity index (χ3n) is 9.29. The molecular weight excluding hydrogens is 439 g/mol. The minimum Gasteiger partial charge on any atom is -0.399 e. The first kappa shape index (κ1) is 20.8. The van der Waals surface area contributed by atoms with E-state index in [2.05, 4.69) is 119 Å². The molecule has 1 fully saturated rings. The lowest BCUT2D eigenvalue weighted by molar-refractivity contribution is 0.00578. The van der Waals surface area contributed by atoms with Crippen LogP contribution in [0.4, 0.5) is 0 Å². The van der Waals surface area contributed by atoms with Crippen molar-refractivity contribution in [3.05, 3.63) is 113 Å². The number of hydrogen-bond acceptors (Lipinski definition) is 2. The maximum absolute atomic E-state index is 6.49. The predicted molar refractivity (Wildman–Crippen MR) is 148 cm³/mol. The molecule has 1 saturated heterocycles. The van der Waals surface area contributed by atoms with Gasteiger partial charge in [0.2, 0.25) is 0 Å². The zero-order valence-electron chi connectivity index (χ0n) is 21.1. The monoisotopic (exact) mass is 466 g/mol. The summed E-state index contributed by atoms with van der Waals surface area (Å²) in [5.74, 6) is 0. The molecule has 3 heteroatoms. The van der Waals surface area contributed by atoms with Crippen molar-refractivity contribution in [1.82, 2.24) is 0 Å². The molecule has 1 aliphatic heterocycles. The second kappa shape index (κ2) is 6.48. The van der Waals surface area contributed by atoms with E-state index in [1.165, 1.54) is 54.9 Å². The molecule has 2 aliphatic carbocycles. The highest BCUT2D eigenvalue weighted by molar-refractivity contribution is 6.62.